The van der Waals surface area contributed by atoms with Gasteiger partial charge in [0.15, 0.2) is 11.6 Å². The molecule has 25 heteroatoms. The van der Waals surface area contributed by atoms with Gasteiger partial charge in [0, 0.05) is 87.1 Å². The lowest BCUT2D eigenvalue weighted by atomic mass is 9.90. The molecule has 5 aliphatic rings. The molecule has 0 radical (unpaired) electrons. The van der Waals surface area contributed by atoms with Crippen molar-refractivity contribution in [2.24, 2.45) is 5.92 Å². The van der Waals surface area contributed by atoms with E-state index in [2.05, 4.69) is 30.3 Å². The molecule has 5 atom stereocenters. The van der Waals surface area contributed by atoms with Gasteiger partial charge in [-0.3, -0.25) is 9.59 Å². The van der Waals surface area contributed by atoms with Crippen LogP contribution in [0.15, 0.2) is 60.7 Å². The summed E-state index contributed by atoms with van der Waals surface area (Å²) < 4.78 is 123. The van der Waals surface area contributed by atoms with Gasteiger partial charge in [-0.2, -0.15) is 13.2 Å². The minimum absolute atomic E-state index is 0.000311. The minimum Gasteiger partial charge on any atom is -0.453 e. The maximum absolute atomic E-state index is 17.0. The number of likely N-dealkylation sites (tertiary alicyclic amines) is 2. The number of alkyl carbamates (subject to hydrolysis) is 2. The van der Waals surface area contributed by atoms with E-state index in [1.807, 2.05) is 4.90 Å². The summed E-state index contributed by atoms with van der Waals surface area (Å²) in [6.45, 7) is 2.07. The molecule has 4 N–H and O–H groups in total. The summed E-state index contributed by atoms with van der Waals surface area (Å²) in [5, 5.41) is 5.14. The zero-order valence-corrected chi connectivity index (χ0v) is 44.4. The number of hydrogen-bond acceptors (Lipinski definition) is 12. The minimum atomic E-state index is -4.51. The van der Waals surface area contributed by atoms with E-state index in [1.165, 1.54) is 43.4 Å². The molecule has 2 aromatic heterocycles. The average molecular weight is 1130 g/mol. The third-order valence-electron chi connectivity index (χ3n) is 16.6. The van der Waals surface area contributed by atoms with Crippen molar-refractivity contribution in [2.75, 3.05) is 87.9 Å². The summed E-state index contributed by atoms with van der Waals surface area (Å²) in [5.74, 6) is -3.34. The molecule has 81 heavy (non-hydrogen) atoms. The monoisotopic (exact) mass is 1130 g/mol. The van der Waals surface area contributed by atoms with Gasteiger partial charge >= 0.3 is 18.4 Å². The van der Waals surface area contributed by atoms with E-state index < -0.39 is 77.4 Å². The lowest BCUT2D eigenvalue weighted by Crippen LogP contribution is -2.53. The second-order valence-electron chi connectivity index (χ2n) is 21.2. The lowest BCUT2D eigenvalue weighted by Gasteiger charge is -2.38. The van der Waals surface area contributed by atoms with Crippen molar-refractivity contribution in [3.05, 3.63) is 112 Å². The van der Waals surface area contributed by atoms with Gasteiger partial charge in [0.05, 0.1) is 66.0 Å². The van der Waals surface area contributed by atoms with Crippen molar-refractivity contribution in [3.8, 4) is 0 Å². The van der Waals surface area contributed by atoms with Gasteiger partial charge in [-0.15, -0.1) is 0 Å². The Morgan fingerprint density at radius 3 is 1.72 bits per heavy atom. The summed E-state index contributed by atoms with van der Waals surface area (Å²) in [4.78, 5) is 76.1. The Labute approximate surface area is 460 Å². The van der Waals surface area contributed by atoms with Crippen LogP contribution >= 0.6 is 0 Å². The first-order valence-corrected chi connectivity index (χ1v) is 27.1. The molecule has 5 fully saturated rings. The fourth-order valence-corrected chi connectivity index (χ4v) is 12.6. The predicted octanol–water partition coefficient (Wildman–Crippen LogP) is 9.26. The van der Waals surface area contributed by atoms with Crippen molar-refractivity contribution in [1.82, 2.24) is 40.4 Å². The summed E-state index contributed by atoms with van der Waals surface area (Å²) in [6.07, 6.45) is -2.18. The number of piperazine rings is 1. The quantitative estimate of drug-likeness (QED) is 0.0851. The number of aromatic amines is 2. The second-order valence-corrected chi connectivity index (χ2v) is 21.2. The Kier molecular flexibility index (Phi) is 15.4. The zero-order chi connectivity index (χ0) is 56.9. The molecule has 5 saturated heterocycles. The van der Waals surface area contributed by atoms with Crippen molar-refractivity contribution in [1.29, 1.82) is 0 Å². The molecule has 4 amide bonds. The number of hydrogen-bond donors (Lipinski definition) is 4. The first-order valence-electron chi connectivity index (χ1n) is 27.1. The third kappa shape index (κ3) is 10.9. The average Bonchev–Trinajstić information content (AvgIpc) is 4.23. The number of aromatic nitrogens is 4. The molecule has 0 saturated carbocycles. The number of nitrogens with one attached hydrogen (secondary N) is 4. The van der Waals surface area contributed by atoms with Gasteiger partial charge in [-0.05, 0) is 106 Å². The first kappa shape index (κ1) is 55.1. The summed E-state index contributed by atoms with van der Waals surface area (Å²) in [7, 11) is 2.41. The number of fused-ring (bicyclic) bond motifs is 2. The SMILES string of the molecule is COC(=O)NCC(=O)N1CCC[C@H]1c1nc2cc(F)c([C@H]3CC[C@H](c4cc5[nH]c([C@@H]6CCCN6C(=O)C(NC(=O)OC)C6CCOCC6)nc5cc4F)N3c3cc(F)c(N4CCN(c5ccc(C(F)(F)F)cc5)CC4)c(F)c3)cc2[nH]1. The molecular weight excluding hydrogens is 1070 g/mol. The normalized spacial score (nSPS) is 21.3. The van der Waals surface area contributed by atoms with Gasteiger partial charge in [-0.25, -0.2) is 37.1 Å². The van der Waals surface area contributed by atoms with E-state index in [-0.39, 0.29) is 96.8 Å². The fourth-order valence-electron chi connectivity index (χ4n) is 12.6. The Balaban J connectivity index is 0.915. The van der Waals surface area contributed by atoms with Crippen LogP contribution in [-0.4, -0.2) is 133 Å². The Hall–Kier alpha value is -7.83. The highest BCUT2D eigenvalue weighted by atomic mass is 19.4. The number of ether oxygens (including phenoxy) is 3. The van der Waals surface area contributed by atoms with E-state index in [0.717, 1.165) is 24.3 Å². The number of nitrogens with zero attached hydrogens (tertiary/aromatic N) is 7. The molecule has 0 spiro atoms. The molecule has 0 aliphatic carbocycles. The number of H-pyrrole nitrogens is 2. The smallest absolute Gasteiger partial charge is 0.416 e. The van der Waals surface area contributed by atoms with Gasteiger partial charge in [0.1, 0.15) is 41.6 Å². The number of amides is 4. The molecule has 5 aliphatic heterocycles. The zero-order valence-electron chi connectivity index (χ0n) is 44.4. The number of carbonyl (C=O) groups excluding carboxylic acids is 4. The van der Waals surface area contributed by atoms with Crippen LogP contribution < -0.4 is 25.3 Å². The van der Waals surface area contributed by atoms with Crippen LogP contribution in [0.5, 0.6) is 0 Å². The van der Waals surface area contributed by atoms with E-state index in [1.54, 1.807) is 26.8 Å². The number of alkyl halides is 3. The molecule has 11 rings (SSSR count). The maximum atomic E-state index is 17.0. The Morgan fingerprint density at radius 2 is 1.17 bits per heavy atom. The summed E-state index contributed by atoms with van der Waals surface area (Å²) in [6, 6.07) is 8.85. The van der Waals surface area contributed by atoms with Gasteiger partial charge < -0.3 is 59.3 Å². The summed E-state index contributed by atoms with van der Waals surface area (Å²) in [5.41, 5.74) is 1.01. The first-order chi connectivity index (χ1) is 39.0. The van der Waals surface area contributed by atoms with Gasteiger partial charge in [0.2, 0.25) is 11.8 Å². The van der Waals surface area contributed by atoms with E-state index in [0.29, 0.717) is 93.2 Å². The number of carbonyl (C=O) groups is 4. The van der Waals surface area contributed by atoms with Crippen LogP contribution in [0.2, 0.25) is 0 Å². The molecule has 7 heterocycles. The molecular formula is C56H60F7N11O7. The topological polar surface area (TPSA) is 194 Å². The summed E-state index contributed by atoms with van der Waals surface area (Å²) >= 11 is 0. The van der Waals surface area contributed by atoms with E-state index >= 15 is 17.6 Å². The number of benzene rings is 4. The van der Waals surface area contributed by atoms with E-state index in [9.17, 15) is 32.3 Å². The Bertz CT molecular complexity index is 3320. The van der Waals surface area contributed by atoms with Gasteiger partial charge in [-0.1, -0.05) is 0 Å². The Morgan fingerprint density at radius 1 is 0.642 bits per heavy atom. The predicted molar refractivity (Wildman–Crippen MR) is 282 cm³/mol. The number of anilines is 3. The van der Waals surface area contributed by atoms with Crippen LogP contribution in [-0.2, 0) is 30.0 Å². The molecule has 4 aromatic carbocycles. The molecule has 18 nitrogen and oxygen atoms in total. The molecule has 6 aromatic rings. The highest BCUT2D eigenvalue weighted by Crippen LogP contribution is 2.50. The maximum Gasteiger partial charge on any atom is 0.416 e. The van der Waals surface area contributed by atoms with Crippen LogP contribution in [0.25, 0.3) is 22.1 Å². The number of methoxy groups -OCH3 is 2. The standard InChI is InChI=1S/C56H60F7N11O7/c1-79-54(77)64-29-48(75)72-15-3-5-46(72)51-65-40-25-34(36(57)27-42(40)67-51)44-11-12-45(74(44)33-23-38(59)50(39(60)24-33)71-19-17-70(18-20-71)32-9-7-31(8-10-32)56(61,62)63)35-26-41-43(28-37(35)58)68-52(66-41)47-6-4-16-73(47)53(76)49(69-55(78)80-2)30-13-21-81-22-14-30/h7-10,23-28,30,44-47,49H,3-6,11-22,29H2,1-2H3,(H,64,77)(H,65,67)(H,66,68)(H,69,78)/t44-,45-,46+,47+,49?/m1/s1. The van der Waals surface area contributed by atoms with Crippen molar-refractivity contribution in [2.45, 2.75) is 87.8 Å². The third-order valence-corrected chi connectivity index (χ3v) is 16.6. The van der Waals surface area contributed by atoms with Crippen molar-refractivity contribution < 1.29 is 64.1 Å². The highest BCUT2D eigenvalue weighted by molar-refractivity contribution is 5.87. The largest absolute Gasteiger partial charge is 0.453 e. The molecule has 1 unspecified atom stereocenters. The number of rotatable bonds is 12. The molecule has 0 bridgehead atoms. The molecule has 430 valence electrons. The number of imidazole rings is 2. The van der Waals surface area contributed by atoms with Crippen LogP contribution in [0, 0.1) is 29.2 Å². The highest BCUT2D eigenvalue weighted by Gasteiger charge is 2.43. The van der Waals surface area contributed by atoms with E-state index in [4.69, 9.17) is 14.5 Å². The fraction of sp³-hybridized carbons (Fsp3) is 0.464. The van der Waals surface area contributed by atoms with Crippen LogP contribution in [0.4, 0.5) is 57.4 Å². The lowest BCUT2D eigenvalue weighted by molar-refractivity contribution is -0.138. The van der Waals surface area contributed by atoms with Crippen molar-refractivity contribution >= 4 is 63.1 Å². The second kappa shape index (κ2) is 22.6. The number of halogens is 7. The van der Waals surface area contributed by atoms with Gasteiger partial charge in [0.25, 0.3) is 0 Å². The van der Waals surface area contributed by atoms with Crippen LogP contribution in [0.3, 0.4) is 0 Å². The van der Waals surface area contributed by atoms with Crippen LogP contribution in [0.1, 0.15) is 104 Å². The van der Waals surface area contributed by atoms with Crippen molar-refractivity contribution in [3.63, 3.8) is 0 Å².